The predicted octanol–water partition coefficient (Wildman–Crippen LogP) is 4.15. The number of amidine groups is 1. The Balaban J connectivity index is 1.42. The minimum absolute atomic E-state index is 0.000564. The van der Waals surface area contributed by atoms with Gasteiger partial charge in [0.1, 0.15) is 24.3 Å². The van der Waals surface area contributed by atoms with Crippen molar-refractivity contribution in [1.29, 1.82) is 0 Å². The van der Waals surface area contributed by atoms with Gasteiger partial charge in [-0.15, -0.1) is 0 Å². The maximum Gasteiger partial charge on any atom is 0.278 e. The molecule has 1 fully saturated rings. The largest absolute Gasteiger partial charge is 0.354 e. The van der Waals surface area contributed by atoms with Crippen LogP contribution in [0.15, 0.2) is 60.1 Å². The molecule has 1 aromatic heterocycles. The van der Waals surface area contributed by atoms with Crippen LogP contribution in [-0.2, 0) is 17.8 Å². The van der Waals surface area contributed by atoms with Crippen LogP contribution in [0.4, 0.5) is 10.1 Å². The van der Waals surface area contributed by atoms with E-state index < -0.39 is 5.82 Å². The van der Waals surface area contributed by atoms with E-state index in [-0.39, 0.29) is 29.8 Å². The first kappa shape index (κ1) is 24.8. The van der Waals surface area contributed by atoms with Gasteiger partial charge in [-0.05, 0) is 81.0 Å². The monoisotopic (exact) mass is 502 g/mol. The molecule has 37 heavy (non-hydrogen) atoms. The van der Waals surface area contributed by atoms with Crippen molar-refractivity contribution in [3.05, 3.63) is 77.6 Å². The highest BCUT2D eigenvalue weighted by Crippen LogP contribution is 2.38. The molecule has 2 aliphatic rings. The highest BCUT2D eigenvalue weighted by molar-refractivity contribution is 6.12. The van der Waals surface area contributed by atoms with Crippen LogP contribution in [0.25, 0.3) is 0 Å². The van der Waals surface area contributed by atoms with E-state index in [2.05, 4.69) is 43.5 Å². The summed E-state index contributed by atoms with van der Waals surface area (Å²) in [4.78, 5) is 36.3. The maximum atomic E-state index is 13.4. The molecular formula is C28H31FN6O2. The van der Waals surface area contributed by atoms with Gasteiger partial charge in [-0.2, -0.15) is 10.1 Å². The zero-order valence-electron chi connectivity index (χ0n) is 21.1. The molecule has 192 valence electrons. The summed E-state index contributed by atoms with van der Waals surface area (Å²) in [6, 6.07) is 12.0. The Bertz CT molecular complexity index is 1290. The molecule has 2 aromatic carbocycles. The zero-order chi connectivity index (χ0) is 25.9. The fourth-order valence-electron chi connectivity index (χ4n) is 5.25. The second-order valence-electron chi connectivity index (χ2n) is 10.1. The van der Waals surface area contributed by atoms with E-state index >= 15 is 0 Å². The third kappa shape index (κ3) is 5.60. The number of aliphatic imine (C=N–C) groups is 1. The highest BCUT2D eigenvalue weighted by Gasteiger charge is 2.36. The lowest BCUT2D eigenvalue weighted by Gasteiger charge is -2.36. The number of hydrogen-bond acceptors (Lipinski definition) is 4. The number of aromatic nitrogens is 3. The fraction of sp³-hybridized carbons (Fsp3) is 0.393. The van der Waals surface area contributed by atoms with Crippen molar-refractivity contribution in [2.75, 3.05) is 4.90 Å². The standard InChI is InChI=1S/C28H31FN6O2/c1-18(2)32-27(36)21-7-11-24(12-8-21)35-25-13-19(15-34-17-30-16-31-34)3-4-22(25)14-26(35)33-28(37)20-5-9-23(29)10-6-20/h3-6,9-10,13,16-18,21,24H,7-8,11-12,14-15H2,1-2H3,(H,32,36). The summed E-state index contributed by atoms with van der Waals surface area (Å²) in [5.74, 6) is 0.0293. The molecule has 9 heteroatoms. The van der Waals surface area contributed by atoms with Crippen LogP contribution in [0.1, 0.15) is 61.0 Å². The molecule has 0 atom stereocenters. The van der Waals surface area contributed by atoms with E-state index in [9.17, 15) is 14.0 Å². The molecule has 1 saturated carbocycles. The minimum Gasteiger partial charge on any atom is -0.354 e. The molecule has 0 unspecified atom stereocenters. The third-order valence-electron chi connectivity index (χ3n) is 7.03. The van der Waals surface area contributed by atoms with Crippen molar-refractivity contribution in [3.63, 3.8) is 0 Å². The van der Waals surface area contributed by atoms with Crippen LogP contribution in [0.2, 0.25) is 0 Å². The first-order valence-corrected chi connectivity index (χ1v) is 12.8. The molecule has 3 aromatic rings. The second kappa shape index (κ2) is 10.6. The van der Waals surface area contributed by atoms with Crippen molar-refractivity contribution in [2.24, 2.45) is 10.9 Å². The first-order chi connectivity index (χ1) is 17.9. The molecule has 2 amide bonds. The van der Waals surface area contributed by atoms with Crippen molar-refractivity contribution < 1.29 is 14.0 Å². The number of halogens is 1. The number of rotatable bonds is 6. The number of anilines is 1. The number of amides is 2. The summed E-state index contributed by atoms with van der Waals surface area (Å²) in [7, 11) is 0. The van der Waals surface area contributed by atoms with E-state index in [4.69, 9.17) is 0 Å². The van der Waals surface area contributed by atoms with Gasteiger partial charge in [0.2, 0.25) is 5.91 Å². The summed E-state index contributed by atoms with van der Waals surface area (Å²) in [5, 5.41) is 7.25. The van der Waals surface area contributed by atoms with E-state index in [1.807, 2.05) is 13.8 Å². The van der Waals surface area contributed by atoms with E-state index in [0.717, 1.165) is 42.5 Å². The number of carbonyl (C=O) groups excluding carboxylic acids is 2. The third-order valence-corrected chi connectivity index (χ3v) is 7.03. The lowest BCUT2D eigenvalue weighted by Crippen LogP contribution is -2.44. The lowest BCUT2D eigenvalue weighted by atomic mass is 9.84. The van der Waals surface area contributed by atoms with Crippen molar-refractivity contribution in [2.45, 2.75) is 64.6 Å². The molecule has 2 heterocycles. The van der Waals surface area contributed by atoms with Gasteiger partial charge >= 0.3 is 0 Å². The number of nitrogens with one attached hydrogen (secondary N) is 1. The Kier molecular flexibility index (Phi) is 7.12. The Morgan fingerprint density at radius 2 is 1.86 bits per heavy atom. The molecule has 1 aliphatic heterocycles. The van der Waals surface area contributed by atoms with E-state index in [0.29, 0.717) is 24.4 Å². The quantitative estimate of drug-likeness (QED) is 0.547. The lowest BCUT2D eigenvalue weighted by molar-refractivity contribution is -0.126. The topological polar surface area (TPSA) is 92.5 Å². The van der Waals surface area contributed by atoms with Crippen LogP contribution < -0.4 is 10.2 Å². The maximum absolute atomic E-state index is 13.4. The molecule has 5 rings (SSSR count). The van der Waals surface area contributed by atoms with Gasteiger partial charge in [0.15, 0.2) is 0 Å². The van der Waals surface area contributed by atoms with Crippen molar-refractivity contribution in [3.8, 4) is 0 Å². The SMILES string of the molecule is CC(C)NC(=O)C1CCC(N2C(=NC(=O)c3ccc(F)cc3)Cc3ccc(Cn4cncn4)cc32)CC1. The summed E-state index contributed by atoms with van der Waals surface area (Å²) in [6.45, 7) is 4.54. The molecule has 0 bridgehead atoms. The molecular weight excluding hydrogens is 471 g/mol. The van der Waals surface area contributed by atoms with Crippen molar-refractivity contribution >= 4 is 23.3 Å². The Morgan fingerprint density at radius 1 is 1.11 bits per heavy atom. The zero-order valence-corrected chi connectivity index (χ0v) is 21.1. The predicted molar refractivity (Wildman–Crippen MR) is 139 cm³/mol. The molecule has 0 spiro atoms. The Hall–Kier alpha value is -3.88. The smallest absolute Gasteiger partial charge is 0.278 e. The Morgan fingerprint density at radius 3 is 2.54 bits per heavy atom. The molecule has 0 saturated heterocycles. The van der Waals surface area contributed by atoms with E-state index in [1.54, 1.807) is 11.0 Å². The first-order valence-electron chi connectivity index (χ1n) is 12.8. The van der Waals surface area contributed by atoms with Crippen LogP contribution in [0.5, 0.6) is 0 Å². The van der Waals surface area contributed by atoms with Gasteiger partial charge in [-0.1, -0.05) is 12.1 Å². The van der Waals surface area contributed by atoms with Gasteiger partial charge in [-0.3, -0.25) is 9.59 Å². The summed E-state index contributed by atoms with van der Waals surface area (Å²) >= 11 is 0. The summed E-state index contributed by atoms with van der Waals surface area (Å²) < 4.78 is 15.1. The number of nitrogens with zero attached hydrogens (tertiary/aromatic N) is 5. The van der Waals surface area contributed by atoms with Gasteiger partial charge < -0.3 is 10.2 Å². The van der Waals surface area contributed by atoms with Gasteiger partial charge in [-0.25, -0.2) is 14.1 Å². The number of hydrogen-bond donors (Lipinski definition) is 1. The Labute approximate surface area is 215 Å². The van der Waals surface area contributed by atoms with Gasteiger partial charge in [0.25, 0.3) is 5.91 Å². The van der Waals surface area contributed by atoms with Gasteiger partial charge in [0.05, 0.1) is 6.54 Å². The second-order valence-corrected chi connectivity index (χ2v) is 10.1. The molecule has 8 nitrogen and oxygen atoms in total. The van der Waals surface area contributed by atoms with Crippen LogP contribution in [0, 0.1) is 11.7 Å². The molecule has 0 radical (unpaired) electrons. The van der Waals surface area contributed by atoms with Gasteiger partial charge in [0, 0.05) is 35.7 Å². The van der Waals surface area contributed by atoms with Crippen molar-refractivity contribution in [1.82, 2.24) is 20.1 Å². The van der Waals surface area contributed by atoms with E-state index in [1.165, 1.54) is 30.6 Å². The average Bonchev–Trinajstić information content (AvgIpc) is 3.51. The summed E-state index contributed by atoms with van der Waals surface area (Å²) in [6.07, 6.45) is 6.96. The van der Waals surface area contributed by atoms with Crippen LogP contribution >= 0.6 is 0 Å². The number of fused-ring (bicyclic) bond motifs is 1. The van der Waals surface area contributed by atoms with Crippen LogP contribution in [0.3, 0.4) is 0 Å². The average molecular weight is 503 g/mol. The molecule has 1 aliphatic carbocycles. The molecule has 1 N–H and O–H groups in total. The number of benzene rings is 2. The summed E-state index contributed by atoms with van der Waals surface area (Å²) in [5.41, 5.74) is 3.57. The fourth-order valence-corrected chi connectivity index (χ4v) is 5.25. The van der Waals surface area contributed by atoms with Crippen LogP contribution in [-0.4, -0.2) is 44.5 Å². The number of carbonyl (C=O) groups is 2. The minimum atomic E-state index is -0.391. The normalized spacial score (nSPS) is 20.3. The highest BCUT2D eigenvalue weighted by atomic mass is 19.1.